The van der Waals surface area contributed by atoms with E-state index < -0.39 is 0 Å². The van der Waals surface area contributed by atoms with Crippen molar-refractivity contribution in [2.45, 2.75) is 51.3 Å². The molecule has 2 N–H and O–H groups in total. The molecule has 0 radical (unpaired) electrons. The molecule has 0 aliphatic heterocycles. The molecule has 2 atom stereocenters. The van der Waals surface area contributed by atoms with E-state index in [0.717, 1.165) is 19.0 Å². The van der Waals surface area contributed by atoms with Gasteiger partial charge < -0.3 is 20.3 Å². The van der Waals surface area contributed by atoms with E-state index in [1.54, 1.807) is 30.3 Å². The molecule has 1 heterocycles. The summed E-state index contributed by atoms with van der Waals surface area (Å²) in [5.41, 5.74) is 0.257. The van der Waals surface area contributed by atoms with Crippen LogP contribution in [0.2, 0.25) is 0 Å². The Bertz CT molecular complexity index is 625. The lowest BCUT2D eigenvalue weighted by Gasteiger charge is -2.61. The molecule has 1 spiro atoms. The third kappa shape index (κ3) is 4.04. The number of thiophene rings is 1. The highest BCUT2D eigenvalue weighted by atomic mass is 32.1. The van der Waals surface area contributed by atoms with Gasteiger partial charge in [0.1, 0.15) is 6.54 Å². The Morgan fingerprint density at radius 3 is 2.85 bits per heavy atom. The number of likely N-dealkylation sites (N-methyl/N-ethyl adjacent to an activating group) is 1. The van der Waals surface area contributed by atoms with Gasteiger partial charge in [-0.1, -0.05) is 12.5 Å². The zero-order valence-corrected chi connectivity index (χ0v) is 16.8. The van der Waals surface area contributed by atoms with E-state index in [9.17, 15) is 4.79 Å². The molecule has 0 aromatic carbocycles. The lowest BCUT2D eigenvalue weighted by Crippen LogP contribution is -2.68. The molecule has 6 nitrogen and oxygen atoms in total. The molecule has 7 heteroatoms. The fourth-order valence-corrected chi connectivity index (χ4v) is 4.47. The summed E-state index contributed by atoms with van der Waals surface area (Å²) in [6, 6.07) is 4.52. The number of nitrogens with one attached hydrogen (secondary N) is 2. The molecule has 144 valence electrons. The van der Waals surface area contributed by atoms with Crippen molar-refractivity contribution in [3.63, 3.8) is 0 Å². The lowest BCUT2D eigenvalue weighted by molar-refractivity contribution is -0.168. The van der Waals surface area contributed by atoms with Crippen molar-refractivity contribution in [1.29, 1.82) is 0 Å². The van der Waals surface area contributed by atoms with Crippen molar-refractivity contribution in [3.8, 4) is 0 Å². The largest absolute Gasteiger partial charge is 0.378 e. The number of carbonyl (C=O) groups excluding carboxylic acids is 1. The molecule has 2 aliphatic carbocycles. The summed E-state index contributed by atoms with van der Waals surface area (Å²) in [7, 11) is 3.51. The molecule has 1 amide bonds. The topological polar surface area (TPSA) is 66.0 Å². The van der Waals surface area contributed by atoms with E-state index >= 15 is 0 Å². The van der Waals surface area contributed by atoms with Crippen LogP contribution < -0.4 is 10.6 Å². The predicted octanol–water partition coefficient (Wildman–Crippen LogP) is 2.22. The summed E-state index contributed by atoms with van der Waals surface area (Å²) in [5, 5.41) is 9.04. The van der Waals surface area contributed by atoms with Crippen LogP contribution in [-0.4, -0.2) is 56.2 Å². The van der Waals surface area contributed by atoms with E-state index in [4.69, 9.17) is 4.74 Å². The molecule has 2 saturated carbocycles. The van der Waals surface area contributed by atoms with E-state index in [-0.39, 0.29) is 17.9 Å². The van der Waals surface area contributed by atoms with Crippen LogP contribution >= 0.6 is 11.3 Å². The van der Waals surface area contributed by atoms with Gasteiger partial charge in [0.05, 0.1) is 12.6 Å². The molecule has 0 bridgehead atoms. The van der Waals surface area contributed by atoms with Crippen LogP contribution in [0.3, 0.4) is 0 Å². The fourth-order valence-electron chi connectivity index (χ4n) is 3.83. The third-order valence-corrected chi connectivity index (χ3v) is 6.51. The molecule has 1 aromatic heterocycles. The predicted molar refractivity (Wildman–Crippen MR) is 105 cm³/mol. The Kier molecular flexibility index (Phi) is 6.19. The number of carbonyl (C=O) groups is 1. The van der Waals surface area contributed by atoms with Crippen molar-refractivity contribution in [1.82, 2.24) is 15.5 Å². The van der Waals surface area contributed by atoms with Gasteiger partial charge in [0.25, 0.3) is 0 Å². The van der Waals surface area contributed by atoms with Gasteiger partial charge in [-0.15, -0.1) is 11.3 Å². The third-order valence-electron chi connectivity index (χ3n) is 5.63. The average Bonchev–Trinajstić information content (AvgIpc) is 3.07. The Labute approximate surface area is 160 Å². The standard InChI is InChI=1S/C19H30N4O2S/c1-4-25-16-11-15(19(16)8-6-9-19)22-18(21-13-17(24)23(2)3)20-12-14-7-5-10-26-14/h5,7,10,15-16H,4,6,8-9,11-13H2,1-3H3,(H2,20,21,22). The Balaban J connectivity index is 1.63. The fraction of sp³-hybridized carbons (Fsp3) is 0.684. The zero-order chi connectivity index (χ0) is 18.6. The first-order chi connectivity index (χ1) is 12.5. The number of hydrogen-bond donors (Lipinski definition) is 2. The normalized spacial score (nSPS) is 23.9. The molecule has 2 aliphatic rings. The SMILES string of the molecule is CCOC1CC(NC(=NCC(=O)N(C)C)NCc2cccs2)C12CCC2. The van der Waals surface area contributed by atoms with Crippen LogP contribution in [0.15, 0.2) is 22.5 Å². The summed E-state index contributed by atoms with van der Waals surface area (Å²) in [4.78, 5) is 19.3. The van der Waals surface area contributed by atoms with Gasteiger partial charge >= 0.3 is 0 Å². The molecule has 26 heavy (non-hydrogen) atoms. The Morgan fingerprint density at radius 1 is 1.46 bits per heavy atom. The molecule has 1 aromatic rings. The first kappa shape index (κ1) is 19.2. The maximum Gasteiger partial charge on any atom is 0.243 e. The minimum Gasteiger partial charge on any atom is -0.378 e. The summed E-state index contributed by atoms with van der Waals surface area (Å²) in [6.07, 6.45) is 5.07. The van der Waals surface area contributed by atoms with Crippen LogP contribution in [0.4, 0.5) is 0 Å². The maximum absolute atomic E-state index is 11.9. The first-order valence-corrected chi connectivity index (χ1v) is 10.3. The van der Waals surface area contributed by atoms with Crippen LogP contribution in [-0.2, 0) is 16.1 Å². The molecular weight excluding hydrogens is 348 g/mol. The van der Waals surface area contributed by atoms with Gasteiger partial charge in [0.2, 0.25) is 5.91 Å². The van der Waals surface area contributed by atoms with E-state index in [0.29, 0.717) is 18.7 Å². The highest BCUT2D eigenvalue weighted by Crippen LogP contribution is 2.57. The highest BCUT2D eigenvalue weighted by molar-refractivity contribution is 7.09. The smallest absolute Gasteiger partial charge is 0.243 e. The van der Waals surface area contributed by atoms with Crippen LogP contribution in [0, 0.1) is 5.41 Å². The summed E-state index contributed by atoms with van der Waals surface area (Å²) >= 11 is 1.71. The van der Waals surface area contributed by atoms with Crippen molar-refractivity contribution in [3.05, 3.63) is 22.4 Å². The second-order valence-electron chi connectivity index (χ2n) is 7.35. The van der Waals surface area contributed by atoms with Gasteiger partial charge in [0.15, 0.2) is 5.96 Å². The Morgan fingerprint density at radius 2 is 2.27 bits per heavy atom. The Hall–Kier alpha value is -1.60. The minimum absolute atomic E-state index is 0.00128. The van der Waals surface area contributed by atoms with Crippen molar-refractivity contribution in [2.75, 3.05) is 27.2 Å². The van der Waals surface area contributed by atoms with Gasteiger partial charge in [-0.2, -0.15) is 0 Å². The number of aliphatic imine (C=N–C) groups is 1. The van der Waals surface area contributed by atoms with E-state index in [1.807, 2.05) is 6.07 Å². The average molecular weight is 379 g/mol. The monoisotopic (exact) mass is 378 g/mol. The number of hydrogen-bond acceptors (Lipinski definition) is 4. The molecular formula is C19H30N4O2S. The summed E-state index contributed by atoms with van der Waals surface area (Å²) in [6.45, 7) is 3.71. The van der Waals surface area contributed by atoms with Crippen LogP contribution in [0.1, 0.15) is 37.5 Å². The molecule has 2 unspecified atom stereocenters. The highest BCUT2D eigenvalue weighted by Gasteiger charge is 2.59. The van der Waals surface area contributed by atoms with Crippen molar-refractivity contribution < 1.29 is 9.53 Å². The van der Waals surface area contributed by atoms with Gasteiger partial charge in [-0.3, -0.25) is 4.79 Å². The number of nitrogens with zero attached hydrogens (tertiary/aromatic N) is 2. The molecule has 0 saturated heterocycles. The van der Waals surface area contributed by atoms with Crippen LogP contribution in [0.5, 0.6) is 0 Å². The van der Waals surface area contributed by atoms with Crippen molar-refractivity contribution >= 4 is 23.2 Å². The number of ether oxygens (including phenoxy) is 1. The van der Waals surface area contributed by atoms with Gasteiger partial charge in [-0.25, -0.2) is 4.99 Å². The van der Waals surface area contributed by atoms with Gasteiger partial charge in [0, 0.05) is 37.0 Å². The maximum atomic E-state index is 11.9. The quantitative estimate of drug-likeness (QED) is 0.564. The van der Waals surface area contributed by atoms with Crippen LogP contribution in [0.25, 0.3) is 0 Å². The van der Waals surface area contributed by atoms with Gasteiger partial charge in [-0.05, 0) is 37.6 Å². The summed E-state index contributed by atoms with van der Waals surface area (Å²) < 4.78 is 5.94. The van der Waals surface area contributed by atoms with E-state index in [2.05, 4.69) is 34.0 Å². The number of amides is 1. The second-order valence-corrected chi connectivity index (χ2v) is 8.38. The first-order valence-electron chi connectivity index (χ1n) is 9.44. The molecule has 3 rings (SSSR count). The minimum atomic E-state index is 0.00128. The number of guanidine groups is 1. The second kappa shape index (κ2) is 8.39. The number of rotatable bonds is 7. The molecule has 2 fully saturated rings. The van der Waals surface area contributed by atoms with Crippen molar-refractivity contribution in [2.24, 2.45) is 10.4 Å². The van der Waals surface area contributed by atoms with E-state index in [1.165, 1.54) is 24.1 Å². The lowest BCUT2D eigenvalue weighted by atomic mass is 9.51. The summed E-state index contributed by atoms with van der Waals surface area (Å²) in [5.74, 6) is 0.723. The zero-order valence-electron chi connectivity index (χ0n) is 16.0.